The quantitative estimate of drug-likeness (QED) is 0.607. The molecule has 82 valence electrons. The molecule has 0 rings (SSSR count). The number of rotatable bonds is 7. The third-order valence-electron chi connectivity index (χ3n) is 1.71. The van der Waals surface area contributed by atoms with Gasteiger partial charge in [-0.15, -0.1) is 0 Å². The van der Waals surface area contributed by atoms with Gasteiger partial charge in [-0.05, 0) is 12.7 Å². The highest BCUT2D eigenvalue weighted by Crippen LogP contribution is 1.95. The SMILES string of the molecule is CNC(=O)CCCC(=O)NCCSC. The maximum atomic E-state index is 11.1. The van der Waals surface area contributed by atoms with Crippen molar-refractivity contribution >= 4 is 23.6 Å². The monoisotopic (exact) mass is 218 g/mol. The molecule has 0 atom stereocenters. The van der Waals surface area contributed by atoms with E-state index in [-0.39, 0.29) is 11.8 Å². The minimum atomic E-state index is -0.0121. The summed E-state index contributed by atoms with van der Waals surface area (Å²) in [4.78, 5) is 21.9. The first kappa shape index (κ1) is 13.3. The molecule has 4 nitrogen and oxygen atoms in total. The van der Waals surface area contributed by atoms with E-state index in [9.17, 15) is 9.59 Å². The van der Waals surface area contributed by atoms with Crippen molar-refractivity contribution in [2.75, 3.05) is 25.6 Å². The Morgan fingerprint density at radius 3 is 2.43 bits per heavy atom. The van der Waals surface area contributed by atoms with Gasteiger partial charge >= 0.3 is 0 Å². The lowest BCUT2D eigenvalue weighted by molar-refractivity contribution is -0.122. The van der Waals surface area contributed by atoms with Gasteiger partial charge < -0.3 is 10.6 Å². The van der Waals surface area contributed by atoms with Gasteiger partial charge in [-0.1, -0.05) is 0 Å². The van der Waals surface area contributed by atoms with Gasteiger partial charge in [0.25, 0.3) is 0 Å². The Bertz CT molecular complexity index is 186. The van der Waals surface area contributed by atoms with E-state index in [1.807, 2.05) is 6.26 Å². The van der Waals surface area contributed by atoms with Crippen molar-refractivity contribution in [1.29, 1.82) is 0 Å². The molecule has 0 aromatic carbocycles. The zero-order chi connectivity index (χ0) is 10.8. The van der Waals surface area contributed by atoms with Crippen LogP contribution in [0.25, 0.3) is 0 Å². The van der Waals surface area contributed by atoms with E-state index >= 15 is 0 Å². The zero-order valence-corrected chi connectivity index (χ0v) is 9.58. The second-order valence-electron chi connectivity index (χ2n) is 2.87. The van der Waals surface area contributed by atoms with Crippen LogP contribution in [0.1, 0.15) is 19.3 Å². The lowest BCUT2D eigenvalue weighted by atomic mass is 10.2. The molecule has 0 heterocycles. The van der Waals surface area contributed by atoms with Gasteiger partial charge in [-0.3, -0.25) is 9.59 Å². The lowest BCUT2D eigenvalue weighted by Gasteiger charge is -2.03. The normalized spacial score (nSPS) is 9.57. The molecule has 0 unspecified atom stereocenters. The molecule has 0 fully saturated rings. The number of thioether (sulfide) groups is 1. The number of hydrogen-bond acceptors (Lipinski definition) is 3. The third-order valence-corrected chi connectivity index (χ3v) is 2.33. The van der Waals surface area contributed by atoms with E-state index < -0.39 is 0 Å². The molecule has 0 aliphatic rings. The average molecular weight is 218 g/mol. The van der Waals surface area contributed by atoms with E-state index in [2.05, 4.69) is 10.6 Å². The second-order valence-corrected chi connectivity index (χ2v) is 3.86. The van der Waals surface area contributed by atoms with Gasteiger partial charge in [0.1, 0.15) is 0 Å². The predicted molar refractivity (Wildman–Crippen MR) is 59.3 cm³/mol. The molecular weight excluding hydrogens is 200 g/mol. The molecule has 0 aromatic rings. The Balaban J connectivity index is 3.31. The van der Waals surface area contributed by atoms with Crippen molar-refractivity contribution in [3.8, 4) is 0 Å². The van der Waals surface area contributed by atoms with Gasteiger partial charge in [-0.25, -0.2) is 0 Å². The van der Waals surface area contributed by atoms with E-state index in [0.717, 1.165) is 5.75 Å². The Morgan fingerprint density at radius 1 is 1.21 bits per heavy atom. The summed E-state index contributed by atoms with van der Waals surface area (Å²) in [6.07, 6.45) is 3.47. The van der Waals surface area contributed by atoms with Gasteiger partial charge in [-0.2, -0.15) is 11.8 Å². The van der Waals surface area contributed by atoms with Crippen LogP contribution in [0.3, 0.4) is 0 Å². The Kier molecular flexibility index (Phi) is 8.42. The summed E-state index contributed by atoms with van der Waals surface area (Å²) >= 11 is 1.70. The van der Waals surface area contributed by atoms with Gasteiger partial charge in [0, 0.05) is 32.2 Å². The smallest absolute Gasteiger partial charge is 0.220 e. The molecule has 0 aliphatic carbocycles. The summed E-state index contributed by atoms with van der Waals surface area (Å²) in [7, 11) is 1.60. The summed E-state index contributed by atoms with van der Waals surface area (Å²) in [6, 6.07) is 0. The van der Waals surface area contributed by atoms with Gasteiger partial charge in [0.2, 0.25) is 11.8 Å². The van der Waals surface area contributed by atoms with Crippen LogP contribution in [0.15, 0.2) is 0 Å². The predicted octanol–water partition coefficient (Wildman–Crippen LogP) is 0.382. The average Bonchev–Trinajstić information content (AvgIpc) is 2.18. The fourth-order valence-electron chi connectivity index (χ4n) is 0.915. The first-order valence-corrected chi connectivity index (χ1v) is 6.06. The van der Waals surface area contributed by atoms with Gasteiger partial charge in [0.15, 0.2) is 0 Å². The molecule has 5 heteroatoms. The molecule has 2 N–H and O–H groups in total. The Morgan fingerprint density at radius 2 is 1.86 bits per heavy atom. The maximum Gasteiger partial charge on any atom is 0.220 e. The molecule has 0 bridgehead atoms. The van der Waals surface area contributed by atoms with Gasteiger partial charge in [0.05, 0.1) is 0 Å². The number of hydrogen-bond donors (Lipinski definition) is 2. The highest BCUT2D eigenvalue weighted by atomic mass is 32.2. The molecule has 0 spiro atoms. The summed E-state index contributed by atoms with van der Waals surface area (Å²) in [6.45, 7) is 0.708. The maximum absolute atomic E-state index is 11.1. The van der Waals surface area contributed by atoms with Crippen LogP contribution in [0, 0.1) is 0 Å². The van der Waals surface area contributed by atoms with Crippen LogP contribution in [-0.4, -0.2) is 37.4 Å². The van der Waals surface area contributed by atoms with Crippen molar-refractivity contribution in [3.05, 3.63) is 0 Å². The molecule has 0 aliphatic heterocycles. The lowest BCUT2D eigenvalue weighted by Crippen LogP contribution is -2.26. The molecule has 0 saturated heterocycles. The van der Waals surface area contributed by atoms with Crippen LogP contribution in [0.5, 0.6) is 0 Å². The summed E-state index contributed by atoms with van der Waals surface area (Å²) in [5.41, 5.74) is 0. The first-order valence-electron chi connectivity index (χ1n) is 4.67. The zero-order valence-electron chi connectivity index (χ0n) is 8.76. The highest BCUT2D eigenvalue weighted by Gasteiger charge is 2.02. The topological polar surface area (TPSA) is 58.2 Å². The second kappa shape index (κ2) is 8.87. The fourth-order valence-corrected chi connectivity index (χ4v) is 1.22. The summed E-state index contributed by atoms with van der Waals surface area (Å²) in [5.74, 6) is 0.950. The van der Waals surface area contributed by atoms with Crippen molar-refractivity contribution in [3.63, 3.8) is 0 Å². The number of nitrogens with one attached hydrogen (secondary N) is 2. The molecular formula is C9H18N2O2S. The molecule has 0 aromatic heterocycles. The summed E-state index contributed by atoms with van der Waals surface area (Å²) in [5, 5.41) is 5.30. The summed E-state index contributed by atoms with van der Waals surface area (Å²) < 4.78 is 0. The Hall–Kier alpha value is -0.710. The van der Waals surface area contributed by atoms with Crippen molar-refractivity contribution < 1.29 is 9.59 Å². The van der Waals surface area contributed by atoms with E-state index in [4.69, 9.17) is 0 Å². The van der Waals surface area contributed by atoms with Crippen LogP contribution in [-0.2, 0) is 9.59 Å². The van der Waals surface area contributed by atoms with Crippen LogP contribution in [0.4, 0.5) is 0 Å². The molecule has 0 radical (unpaired) electrons. The standard InChI is InChI=1S/C9H18N2O2S/c1-10-8(12)4-3-5-9(13)11-6-7-14-2/h3-7H2,1-2H3,(H,10,12)(H,11,13). The van der Waals surface area contributed by atoms with Crippen molar-refractivity contribution in [1.82, 2.24) is 10.6 Å². The molecule has 2 amide bonds. The van der Waals surface area contributed by atoms with E-state index in [1.165, 1.54) is 0 Å². The molecule has 14 heavy (non-hydrogen) atoms. The minimum absolute atomic E-state index is 0.0121. The highest BCUT2D eigenvalue weighted by molar-refractivity contribution is 7.98. The van der Waals surface area contributed by atoms with Crippen LogP contribution < -0.4 is 10.6 Å². The fraction of sp³-hybridized carbons (Fsp3) is 0.778. The number of carbonyl (C=O) groups excluding carboxylic acids is 2. The first-order chi connectivity index (χ1) is 6.70. The number of amides is 2. The van der Waals surface area contributed by atoms with Crippen LogP contribution >= 0.6 is 11.8 Å². The largest absolute Gasteiger partial charge is 0.359 e. The molecule has 0 saturated carbocycles. The Labute approximate surface area is 89.2 Å². The van der Waals surface area contributed by atoms with Crippen molar-refractivity contribution in [2.24, 2.45) is 0 Å². The van der Waals surface area contributed by atoms with E-state index in [0.29, 0.717) is 25.8 Å². The number of carbonyl (C=O) groups is 2. The minimum Gasteiger partial charge on any atom is -0.359 e. The van der Waals surface area contributed by atoms with E-state index in [1.54, 1.807) is 18.8 Å². The van der Waals surface area contributed by atoms with Crippen molar-refractivity contribution in [2.45, 2.75) is 19.3 Å². The third kappa shape index (κ3) is 7.91. The van der Waals surface area contributed by atoms with Crippen LogP contribution in [0.2, 0.25) is 0 Å².